The topological polar surface area (TPSA) is 52.9 Å². The normalized spacial score (nSPS) is 11.1. The van der Waals surface area contributed by atoms with E-state index in [1.165, 1.54) is 6.07 Å². The molecule has 3 aromatic carbocycles. The van der Waals surface area contributed by atoms with Crippen LogP contribution < -0.4 is 5.32 Å². The minimum Gasteiger partial charge on any atom is -0.321 e. The van der Waals surface area contributed by atoms with Crippen LogP contribution in [0.15, 0.2) is 76.8 Å². The molecule has 0 saturated heterocycles. The van der Waals surface area contributed by atoms with Gasteiger partial charge in [0.1, 0.15) is 17.5 Å². The van der Waals surface area contributed by atoms with Crippen molar-refractivity contribution in [3.05, 3.63) is 105 Å². The first kappa shape index (κ1) is 21.5. The van der Waals surface area contributed by atoms with E-state index in [0.717, 1.165) is 22.0 Å². The minimum absolute atomic E-state index is 0.0196. The minimum atomic E-state index is -0.477. The number of nitrogens with one attached hydrogen (secondary N) is 1. The third kappa shape index (κ3) is 5.22. The van der Waals surface area contributed by atoms with Crippen LogP contribution in [0.4, 0.5) is 10.1 Å². The van der Waals surface area contributed by atoms with Crippen LogP contribution in [0.2, 0.25) is 0 Å². The van der Waals surface area contributed by atoms with Crippen molar-refractivity contribution in [1.82, 2.24) is 0 Å². The number of rotatable bonds is 6. The Kier molecular flexibility index (Phi) is 7.16. The number of para-hydroxylation sites is 1. The molecule has 0 spiro atoms. The van der Waals surface area contributed by atoms with Crippen molar-refractivity contribution in [1.29, 1.82) is 5.26 Å². The molecule has 5 heteroatoms. The maximum absolute atomic E-state index is 14.1. The lowest BCUT2D eigenvalue weighted by Gasteiger charge is -2.11. The number of nitriles is 1. The van der Waals surface area contributed by atoms with Crippen molar-refractivity contribution >= 4 is 33.6 Å². The van der Waals surface area contributed by atoms with Gasteiger partial charge < -0.3 is 5.32 Å². The first-order chi connectivity index (χ1) is 14.5. The summed E-state index contributed by atoms with van der Waals surface area (Å²) in [6, 6.07) is 21.6. The van der Waals surface area contributed by atoms with E-state index < -0.39 is 5.91 Å². The van der Waals surface area contributed by atoms with Gasteiger partial charge in [0.15, 0.2) is 0 Å². The molecule has 0 aliphatic carbocycles. The van der Waals surface area contributed by atoms with Crippen molar-refractivity contribution in [2.45, 2.75) is 19.8 Å². The van der Waals surface area contributed by atoms with Crippen molar-refractivity contribution in [2.24, 2.45) is 0 Å². The first-order valence-electron chi connectivity index (χ1n) is 9.54. The number of benzene rings is 3. The van der Waals surface area contributed by atoms with E-state index in [1.54, 1.807) is 24.3 Å². The van der Waals surface area contributed by atoms with Gasteiger partial charge in [-0.1, -0.05) is 65.3 Å². The maximum Gasteiger partial charge on any atom is 0.266 e. The van der Waals surface area contributed by atoms with Gasteiger partial charge in [-0.05, 0) is 59.0 Å². The summed E-state index contributed by atoms with van der Waals surface area (Å²) in [5.74, 6) is -0.764. The van der Waals surface area contributed by atoms with Crippen LogP contribution in [0.3, 0.4) is 0 Å². The number of halogens is 2. The lowest BCUT2D eigenvalue weighted by Crippen LogP contribution is -2.14. The molecule has 0 atom stereocenters. The summed E-state index contributed by atoms with van der Waals surface area (Å²) in [6.45, 7) is 2.00. The lowest BCUT2D eigenvalue weighted by atomic mass is 9.98. The van der Waals surface area contributed by atoms with Gasteiger partial charge in [0.2, 0.25) is 0 Å². The fraction of sp³-hybridized carbons (Fsp3) is 0.120. The van der Waals surface area contributed by atoms with Gasteiger partial charge in [0, 0.05) is 16.6 Å². The van der Waals surface area contributed by atoms with Gasteiger partial charge in [0.25, 0.3) is 5.91 Å². The van der Waals surface area contributed by atoms with Crippen LogP contribution in [-0.4, -0.2) is 5.91 Å². The molecular formula is C25H20BrFN2O. The molecule has 3 aromatic rings. The Balaban J connectivity index is 1.93. The van der Waals surface area contributed by atoms with Crippen LogP contribution in [0, 0.1) is 17.1 Å². The Hall–Kier alpha value is -3.23. The molecule has 1 amide bonds. The highest BCUT2D eigenvalue weighted by molar-refractivity contribution is 9.10. The second kappa shape index (κ2) is 10.00. The van der Waals surface area contributed by atoms with Crippen LogP contribution in [-0.2, 0) is 17.6 Å². The molecule has 0 bridgehead atoms. The van der Waals surface area contributed by atoms with Crippen molar-refractivity contribution in [3.63, 3.8) is 0 Å². The molecule has 0 aliphatic rings. The summed E-state index contributed by atoms with van der Waals surface area (Å²) in [7, 11) is 0. The summed E-state index contributed by atoms with van der Waals surface area (Å²) < 4.78 is 14.9. The number of nitrogens with zero attached hydrogens (tertiary/aromatic N) is 1. The zero-order valence-corrected chi connectivity index (χ0v) is 18.0. The number of hydrogen-bond acceptors (Lipinski definition) is 2. The number of aryl methyl sites for hydroxylation is 1. The second-order valence-corrected chi connectivity index (χ2v) is 7.66. The van der Waals surface area contributed by atoms with Gasteiger partial charge >= 0.3 is 0 Å². The van der Waals surface area contributed by atoms with Gasteiger partial charge in [-0.2, -0.15) is 5.26 Å². The second-order valence-electron chi connectivity index (χ2n) is 6.75. The number of anilines is 1. The average molecular weight is 463 g/mol. The predicted molar refractivity (Wildman–Crippen MR) is 121 cm³/mol. The Morgan fingerprint density at radius 2 is 1.77 bits per heavy atom. The Labute approximate surface area is 184 Å². The zero-order valence-electron chi connectivity index (χ0n) is 16.5. The standard InChI is InChI=1S/C25H20BrFN2O/c1-2-17-7-4-6-10-24(17)29-25(30)21(16-28)14-20-15-22(26)12-11-18(20)13-19-8-3-5-9-23(19)27/h3-12,14-15H,2,13H2,1H3,(H,29,30)/b21-14+. The monoisotopic (exact) mass is 462 g/mol. The highest BCUT2D eigenvalue weighted by Crippen LogP contribution is 2.24. The third-order valence-corrected chi connectivity index (χ3v) is 5.25. The molecule has 0 aliphatic heterocycles. The molecule has 3 nitrogen and oxygen atoms in total. The van der Waals surface area contributed by atoms with Crippen LogP contribution in [0.5, 0.6) is 0 Å². The molecule has 0 fully saturated rings. The summed E-state index contributed by atoms with van der Waals surface area (Å²) in [6.07, 6.45) is 2.66. The average Bonchev–Trinajstić information content (AvgIpc) is 2.75. The molecule has 0 unspecified atom stereocenters. The number of carbonyl (C=O) groups excluding carboxylic acids is 1. The van der Waals surface area contributed by atoms with E-state index in [0.29, 0.717) is 23.2 Å². The molecule has 3 rings (SSSR count). The van der Waals surface area contributed by atoms with E-state index in [4.69, 9.17) is 0 Å². The molecular weight excluding hydrogens is 443 g/mol. The lowest BCUT2D eigenvalue weighted by molar-refractivity contribution is -0.112. The highest BCUT2D eigenvalue weighted by Gasteiger charge is 2.13. The summed E-state index contributed by atoms with van der Waals surface area (Å²) >= 11 is 3.43. The zero-order chi connectivity index (χ0) is 21.5. The largest absolute Gasteiger partial charge is 0.321 e. The summed E-state index contributed by atoms with van der Waals surface area (Å²) in [5, 5.41) is 12.4. The number of amides is 1. The molecule has 0 aromatic heterocycles. The molecule has 1 N–H and O–H groups in total. The Morgan fingerprint density at radius 1 is 1.07 bits per heavy atom. The molecule has 0 saturated carbocycles. The fourth-order valence-corrected chi connectivity index (χ4v) is 3.53. The van der Waals surface area contributed by atoms with Gasteiger partial charge in [0.05, 0.1) is 0 Å². The van der Waals surface area contributed by atoms with Gasteiger partial charge in [-0.3, -0.25) is 4.79 Å². The molecule has 150 valence electrons. The van der Waals surface area contributed by atoms with Crippen molar-refractivity contribution < 1.29 is 9.18 Å². The summed E-state index contributed by atoms with van der Waals surface area (Å²) in [4.78, 5) is 12.8. The fourth-order valence-electron chi connectivity index (χ4n) is 3.15. The number of hydrogen-bond donors (Lipinski definition) is 1. The maximum atomic E-state index is 14.1. The van der Waals surface area contributed by atoms with Crippen LogP contribution >= 0.6 is 15.9 Å². The first-order valence-corrected chi connectivity index (χ1v) is 10.3. The number of carbonyl (C=O) groups is 1. The van der Waals surface area contributed by atoms with Crippen molar-refractivity contribution in [3.8, 4) is 6.07 Å². The highest BCUT2D eigenvalue weighted by atomic mass is 79.9. The summed E-state index contributed by atoms with van der Waals surface area (Å²) in [5.41, 5.74) is 3.71. The van der Waals surface area contributed by atoms with Crippen LogP contribution in [0.25, 0.3) is 6.08 Å². The van der Waals surface area contributed by atoms with Crippen molar-refractivity contribution in [2.75, 3.05) is 5.32 Å². The van der Waals surface area contributed by atoms with Crippen LogP contribution in [0.1, 0.15) is 29.2 Å². The Bertz CT molecular complexity index is 1150. The Morgan fingerprint density at radius 3 is 2.47 bits per heavy atom. The van der Waals surface area contributed by atoms with E-state index in [9.17, 15) is 14.4 Å². The van der Waals surface area contributed by atoms with Gasteiger partial charge in [-0.25, -0.2) is 4.39 Å². The van der Waals surface area contributed by atoms with E-state index >= 15 is 0 Å². The molecule has 30 heavy (non-hydrogen) atoms. The smallest absolute Gasteiger partial charge is 0.266 e. The molecule has 0 heterocycles. The quantitative estimate of drug-likeness (QED) is 0.345. The SMILES string of the molecule is CCc1ccccc1NC(=O)/C(C#N)=C/c1cc(Br)ccc1Cc1ccccc1F. The van der Waals surface area contributed by atoms with E-state index in [1.807, 2.05) is 55.5 Å². The third-order valence-electron chi connectivity index (χ3n) is 4.76. The van der Waals surface area contributed by atoms with Gasteiger partial charge in [-0.15, -0.1) is 0 Å². The van der Waals surface area contributed by atoms with E-state index in [2.05, 4.69) is 21.2 Å². The predicted octanol–water partition coefficient (Wildman–Crippen LogP) is 6.29. The van der Waals surface area contributed by atoms with E-state index in [-0.39, 0.29) is 11.4 Å². The molecule has 0 radical (unpaired) electrons.